The molecule has 0 aliphatic carbocycles. The van der Waals surface area contributed by atoms with Crippen LogP contribution in [0.2, 0.25) is 0 Å². The molecule has 4 heteroatoms. The Kier molecular flexibility index (Phi) is 2.24. The molecule has 1 aliphatic heterocycles. The third kappa shape index (κ3) is 1.46. The van der Waals surface area contributed by atoms with Gasteiger partial charge in [0.05, 0.1) is 20.3 Å². The van der Waals surface area contributed by atoms with E-state index in [0.717, 1.165) is 0 Å². The lowest BCUT2D eigenvalue weighted by molar-refractivity contribution is -0.147. The van der Waals surface area contributed by atoms with Gasteiger partial charge >= 0.3 is 5.97 Å². The predicted molar refractivity (Wildman–Crippen MR) is 34.1 cm³/mol. The topological polar surface area (TPSA) is 38.5 Å². The zero-order chi connectivity index (χ0) is 7.56. The minimum absolute atomic E-state index is 0.148. The van der Waals surface area contributed by atoms with Crippen LogP contribution in [0.25, 0.3) is 0 Å². The van der Waals surface area contributed by atoms with Crippen molar-refractivity contribution in [3.05, 3.63) is 0 Å². The molecule has 0 amide bonds. The van der Waals surface area contributed by atoms with Crippen LogP contribution in [0, 0.1) is 0 Å². The van der Waals surface area contributed by atoms with Gasteiger partial charge in [0.2, 0.25) is 0 Å². The van der Waals surface area contributed by atoms with Crippen molar-refractivity contribution < 1.29 is 14.4 Å². The SMILES string of the molecule is CCON1CC1C(=O)OC. The van der Waals surface area contributed by atoms with Gasteiger partial charge in [0, 0.05) is 0 Å². The van der Waals surface area contributed by atoms with Crippen LogP contribution in [0.15, 0.2) is 0 Å². The molecule has 0 spiro atoms. The molecule has 0 radical (unpaired) electrons. The van der Waals surface area contributed by atoms with Gasteiger partial charge in [-0.15, -0.1) is 0 Å². The minimum atomic E-state index is -0.214. The highest BCUT2D eigenvalue weighted by molar-refractivity contribution is 5.78. The lowest BCUT2D eigenvalue weighted by atomic mass is 10.5. The largest absolute Gasteiger partial charge is 0.468 e. The molecule has 10 heavy (non-hydrogen) atoms. The first-order chi connectivity index (χ1) is 4.79. The molecule has 0 aromatic carbocycles. The molecule has 2 atom stereocenters. The van der Waals surface area contributed by atoms with Crippen molar-refractivity contribution in [1.29, 1.82) is 0 Å². The summed E-state index contributed by atoms with van der Waals surface area (Å²) >= 11 is 0. The molecule has 1 aliphatic rings. The Hall–Kier alpha value is -0.610. The van der Waals surface area contributed by atoms with Crippen molar-refractivity contribution in [2.45, 2.75) is 13.0 Å². The summed E-state index contributed by atoms with van der Waals surface area (Å²) in [5.41, 5.74) is 0. The van der Waals surface area contributed by atoms with E-state index in [4.69, 9.17) is 4.84 Å². The van der Waals surface area contributed by atoms with E-state index in [-0.39, 0.29) is 12.0 Å². The molecule has 2 unspecified atom stereocenters. The maximum atomic E-state index is 10.7. The molecule has 1 rings (SSSR count). The van der Waals surface area contributed by atoms with Crippen LogP contribution >= 0.6 is 0 Å². The number of esters is 1. The molecule has 58 valence electrons. The smallest absolute Gasteiger partial charge is 0.326 e. The Labute approximate surface area is 59.7 Å². The van der Waals surface area contributed by atoms with Crippen LogP contribution < -0.4 is 0 Å². The number of nitrogens with zero attached hydrogens (tertiary/aromatic N) is 1. The Morgan fingerprint density at radius 3 is 3.00 bits per heavy atom. The van der Waals surface area contributed by atoms with E-state index < -0.39 is 0 Å². The second-order valence-electron chi connectivity index (χ2n) is 2.06. The number of carbonyl (C=O) groups is 1. The third-order valence-corrected chi connectivity index (χ3v) is 1.34. The zero-order valence-electron chi connectivity index (χ0n) is 6.16. The summed E-state index contributed by atoms with van der Waals surface area (Å²) in [6, 6.07) is -0.148. The van der Waals surface area contributed by atoms with E-state index in [9.17, 15) is 4.79 Å². The first kappa shape index (κ1) is 7.50. The van der Waals surface area contributed by atoms with Crippen LogP contribution in [0.4, 0.5) is 0 Å². The number of carbonyl (C=O) groups excluding carboxylic acids is 1. The van der Waals surface area contributed by atoms with Crippen LogP contribution in [0.1, 0.15) is 6.92 Å². The number of ether oxygens (including phenoxy) is 1. The predicted octanol–water partition coefficient (Wildman–Crippen LogP) is -0.205. The maximum Gasteiger partial charge on any atom is 0.326 e. The van der Waals surface area contributed by atoms with Crippen molar-refractivity contribution in [3.8, 4) is 0 Å². The van der Waals surface area contributed by atoms with Gasteiger partial charge in [-0.1, -0.05) is 0 Å². The number of hydrogen-bond acceptors (Lipinski definition) is 4. The van der Waals surface area contributed by atoms with Crippen LogP contribution in [-0.2, 0) is 14.4 Å². The summed E-state index contributed by atoms with van der Waals surface area (Å²) in [7, 11) is 1.38. The van der Waals surface area contributed by atoms with Crippen molar-refractivity contribution in [3.63, 3.8) is 0 Å². The monoisotopic (exact) mass is 145 g/mol. The van der Waals surface area contributed by atoms with Gasteiger partial charge in [-0.2, -0.15) is 5.06 Å². The van der Waals surface area contributed by atoms with Crippen LogP contribution in [-0.4, -0.2) is 37.3 Å². The lowest BCUT2D eigenvalue weighted by Gasteiger charge is -1.99. The lowest BCUT2D eigenvalue weighted by Crippen LogP contribution is -2.14. The summed E-state index contributed by atoms with van der Waals surface area (Å²) in [5, 5.41) is 1.60. The molecular formula is C6H11NO3. The molecule has 1 heterocycles. The van der Waals surface area contributed by atoms with Gasteiger partial charge in [-0.05, 0) is 6.92 Å². The second-order valence-corrected chi connectivity index (χ2v) is 2.06. The average Bonchev–Trinajstić information content (AvgIpc) is 2.67. The Morgan fingerprint density at radius 2 is 2.50 bits per heavy atom. The highest BCUT2D eigenvalue weighted by Gasteiger charge is 2.42. The zero-order valence-corrected chi connectivity index (χ0v) is 6.16. The first-order valence-electron chi connectivity index (χ1n) is 3.27. The van der Waals surface area contributed by atoms with E-state index in [1.54, 1.807) is 5.06 Å². The van der Waals surface area contributed by atoms with E-state index in [1.165, 1.54) is 7.11 Å². The van der Waals surface area contributed by atoms with Crippen LogP contribution in [0.3, 0.4) is 0 Å². The van der Waals surface area contributed by atoms with Gasteiger partial charge in [0.1, 0.15) is 6.04 Å². The summed E-state index contributed by atoms with van der Waals surface area (Å²) in [5.74, 6) is -0.214. The van der Waals surface area contributed by atoms with E-state index >= 15 is 0 Å². The minimum Gasteiger partial charge on any atom is -0.468 e. The van der Waals surface area contributed by atoms with Crippen LogP contribution in [0.5, 0.6) is 0 Å². The number of hydrogen-bond donors (Lipinski definition) is 0. The second kappa shape index (κ2) is 2.98. The normalized spacial score (nSPS) is 29.8. The Morgan fingerprint density at radius 1 is 1.80 bits per heavy atom. The standard InChI is InChI=1S/C6H11NO3/c1-3-10-7-4-5(7)6(8)9-2/h5H,3-4H2,1-2H3. The van der Waals surface area contributed by atoms with E-state index in [2.05, 4.69) is 4.74 Å². The molecule has 0 N–H and O–H groups in total. The highest BCUT2D eigenvalue weighted by atomic mass is 16.7. The van der Waals surface area contributed by atoms with Crippen molar-refractivity contribution in [2.24, 2.45) is 0 Å². The number of hydroxylamine groups is 2. The number of rotatable bonds is 3. The molecule has 0 aromatic rings. The molecule has 1 fully saturated rings. The fourth-order valence-electron chi connectivity index (χ4n) is 0.760. The first-order valence-corrected chi connectivity index (χ1v) is 3.27. The third-order valence-electron chi connectivity index (χ3n) is 1.34. The average molecular weight is 145 g/mol. The van der Waals surface area contributed by atoms with Gasteiger partial charge in [0.25, 0.3) is 0 Å². The fourth-order valence-corrected chi connectivity index (χ4v) is 0.760. The summed E-state index contributed by atoms with van der Waals surface area (Å²) in [6.07, 6.45) is 0. The highest BCUT2D eigenvalue weighted by Crippen LogP contribution is 2.17. The van der Waals surface area contributed by atoms with E-state index in [0.29, 0.717) is 13.2 Å². The summed E-state index contributed by atoms with van der Waals surface area (Å²) in [4.78, 5) is 15.7. The molecule has 0 bridgehead atoms. The maximum absolute atomic E-state index is 10.7. The summed E-state index contributed by atoms with van der Waals surface area (Å²) in [6.45, 7) is 3.15. The molecule has 0 saturated carbocycles. The van der Waals surface area contributed by atoms with Gasteiger partial charge in [-0.3, -0.25) is 9.63 Å². The summed E-state index contributed by atoms with van der Waals surface area (Å²) < 4.78 is 4.49. The Balaban J connectivity index is 2.18. The molecular weight excluding hydrogens is 134 g/mol. The molecule has 4 nitrogen and oxygen atoms in total. The quantitative estimate of drug-likeness (QED) is 0.407. The van der Waals surface area contributed by atoms with Gasteiger partial charge in [0.15, 0.2) is 0 Å². The van der Waals surface area contributed by atoms with E-state index in [1.807, 2.05) is 6.92 Å². The van der Waals surface area contributed by atoms with Gasteiger partial charge in [-0.25, -0.2) is 0 Å². The molecule has 0 aromatic heterocycles. The fraction of sp³-hybridized carbons (Fsp3) is 0.833. The molecule has 1 saturated heterocycles. The number of methoxy groups -OCH3 is 1. The van der Waals surface area contributed by atoms with Gasteiger partial charge < -0.3 is 4.74 Å². The van der Waals surface area contributed by atoms with Crippen molar-refractivity contribution in [2.75, 3.05) is 20.3 Å². The van der Waals surface area contributed by atoms with Crippen molar-refractivity contribution in [1.82, 2.24) is 5.06 Å². The van der Waals surface area contributed by atoms with Crippen molar-refractivity contribution >= 4 is 5.97 Å². The Bertz CT molecular complexity index is 137.